The summed E-state index contributed by atoms with van der Waals surface area (Å²) in [6.45, 7) is 0.363. The first-order valence-corrected chi connectivity index (χ1v) is 5.67. The van der Waals surface area contributed by atoms with Crippen LogP contribution in [0.15, 0.2) is 36.5 Å². The van der Waals surface area contributed by atoms with Gasteiger partial charge in [-0.2, -0.15) is 0 Å². The lowest BCUT2D eigenvalue weighted by molar-refractivity contribution is 0.218. The van der Waals surface area contributed by atoms with Crippen LogP contribution >= 0.6 is 11.6 Å². The Morgan fingerprint density at radius 2 is 2.18 bits per heavy atom. The molecule has 0 spiro atoms. The average Bonchev–Trinajstić information content (AvgIpc) is 2.49. The third kappa shape index (κ3) is 1.77. The molecule has 0 aliphatic carbocycles. The van der Waals surface area contributed by atoms with Gasteiger partial charge in [-0.25, -0.2) is 0 Å². The monoisotopic (exact) mass is 247 g/mol. The molecule has 0 saturated heterocycles. The molecule has 17 heavy (non-hydrogen) atoms. The Bertz CT molecular complexity index is 571. The topological polar surface area (TPSA) is 42.4 Å². The predicted molar refractivity (Wildman–Crippen MR) is 64.1 cm³/mol. The van der Waals surface area contributed by atoms with Crippen LogP contribution in [0.5, 0.6) is 5.75 Å². The van der Waals surface area contributed by atoms with Crippen molar-refractivity contribution >= 4 is 11.6 Å². The molecule has 2 heterocycles. The normalized spacial score (nSPS) is 17.6. The quantitative estimate of drug-likeness (QED) is 0.778. The molecule has 3 nitrogen and oxygen atoms in total. The lowest BCUT2D eigenvalue weighted by Crippen LogP contribution is -2.02. The predicted octanol–water partition coefficient (Wildman–Crippen LogP) is 2.71. The number of nitrogens with zero attached hydrogens (tertiary/aromatic N) is 1. The SMILES string of the molecule is O[C@@H]1c2cc(Cl)ccc2OCc2ncccc21. The van der Waals surface area contributed by atoms with Crippen LogP contribution < -0.4 is 4.74 Å². The Morgan fingerprint density at radius 3 is 3.06 bits per heavy atom. The third-order valence-electron chi connectivity index (χ3n) is 2.85. The number of fused-ring (bicyclic) bond motifs is 2. The summed E-state index contributed by atoms with van der Waals surface area (Å²) in [5, 5.41) is 10.9. The second-order valence-electron chi connectivity index (χ2n) is 3.91. The largest absolute Gasteiger partial charge is 0.487 e. The lowest BCUT2D eigenvalue weighted by Gasteiger charge is -2.12. The molecule has 0 saturated carbocycles. The molecule has 3 rings (SSSR count). The maximum Gasteiger partial charge on any atom is 0.131 e. The summed E-state index contributed by atoms with van der Waals surface area (Å²) < 4.78 is 5.62. The molecule has 2 aromatic rings. The maximum absolute atomic E-state index is 10.3. The summed E-state index contributed by atoms with van der Waals surface area (Å²) in [5.74, 6) is 0.653. The highest BCUT2D eigenvalue weighted by Crippen LogP contribution is 2.36. The highest BCUT2D eigenvalue weighted by atomic mass is 35.5. The van der Waals surface area contributed by atoms with Crippen LogP contribution in [0.4, 0.5) is 0 Å². The molecule has 0 fully saturated rings. The first-order valence-electron chi connectivity index (χ1n) is 5.30. The fourth-order valence-corrected chi connectivity index (χ4v) is 2.18. The van der Waals surface area contributed by atoms with Crippen LogP contribution in [0.2, 0.25) is 5.02 Å². The molecule has 86 valence electrons. The molecule has 1 N–H and O–H groups in total. The zero-order valence-electron chi connectivity index (χ0n) is 8.93. The number of ether oxygens (including phenoxy) is 1. The average molecular weight is 248 g/mol. The Hall–Kier alpha value is -1.58. The number of hydrogen-bond donors (Lipinski definition) is 1. The molecule has 4 heteroatoms. The van der Waals surface area contributed by atoms with E-state index in [1.54, 1.807) is 30.5 Å². The highest BCUT2D eigenvalue weighted by Gasteiger charge is 2.23. The van der Waals surface area contributed by atoms with Gasteiger partial charge in [-0.15, -0.1) is 0 Å². The van der Waals surface area contributed by atoms with E-state index in [2.05, 4.69) is 4.98 Å². The summed E-state index contributed by atoms with van der Waals surface area (Å²) in [6.07, 6.45) is 0.952. The van der Waals surface area contributed by atoms with Gasteiger partial charge in [0.1, 0.15) is 18.5 Å². The Labute approximate surface area is 104 Å². The number of halogens is 1. The summed E-state index contributed by atoms with van der Waals surface area (Å²) in [6, 6.07) is 8.90. The Morgan fingerprint density at radius 1 is 1.29 bits per heavy atom. The number of aliphatic hydroxyl groups excluding tert-OH is 1. The number of hydrogen-bond acceptors (Lipinski definition) is 3. The van der Waals surface area contributed by atoms with Gasteiger partial charge in [0.05, 0.1) is 5.69 Å². The van der Waals surface area contributed by atoms with Crippen LogP contribution in [0, 0.1) is 0 Å². The number of aliphatic hydroxyl groups is 1. The van der Waals surface area contributed by atoms with Crippen LogP contribution in [0.3, 0.4) is 0 Å². The molecule has 1 atom stereocenters. The van der Waals surface area contributed by atoms with Crippen molar-refractivity contribution in [3.63, 3.8) is 0 Å². The minimum Gasteiger partial charge on any atom is -0.487 e. The second-order valence-corrected chi connectivity index (χ2v) is 4.35. The van der Waals surface area contributed by atoms with E-state index in [1.165, 1.54) is 0 Å². The number of pyridine rings is 1. The second kappa shape index (κ2) is 4.02. The van der Waals surface area contributed by atoms with E-state index in [1.807, 2.05) is 6.07 Å². The molecule has 0 bridgehead atoms. The summed E-state index contributed by atoms with van der Waals surface area (Å²) in [5.41, 5.74) is 2.21. The van der Waals surface area contributed by atoms with E-state index in [-0.39, 0.29) is 0 Å². The van der Waals surface area contributed by atoms with Crippen molar-refractivity contribution in [3.05, 3.63) is 58.4 Å². The fraction of sp³-hybridized carbons (Fsp3) is 0.154. The standard InChI is InChI=1S/C13H10ClNO2/c14-8-3-4-12-10(6-8)13(16)9-2-1-5-15-11(9)7-17-12/h1-6,13,16H,7H2/t13-/m0/s1. The van der Waals surface area contributed by atoms with Crippen LogP contribution in [-0.4, -0.2) is 10.1 Å². The number of benzene rings is 1. The number of rotatable bonds is 0. The van der Waals surface area contributed by atoms with Crippen molar-refractivity contribution < 1.29 is 9.84 Å². The van der Waals surface area contributed by atoms with Gasteiger partial charge < -0.3 is 9.84 Å². The van der Waals surface area contributed by atoms with Crippen LogP contribution in [0.1, 0.15) is 22.9 Å². The molecular formula is C13H10ClNO2. The van der Waals surface area contributed by atoms with Crippen molar-refractivity contribution in [3.8, 4) is 5.75 Å². The minimum absolute atomic E-state index is 0.363. The van der Waals surface area contributed by atoms with Gasteiger partial charge in [-0.1, -0.05) is 17.7 Å². The maximum atomic E-state index is 10.3. The molecule has 1 aliphatic heterocycles. The summed E-state index contributed by atoms with van der Waals surface area (Å²) >= 11 is 5.94. The van der Waals surface area contributed by atoms with Gasteiger partial charge in [0.2, 0.25) is 0 Å². The van der Waals surface area contributed by atoms with Crippen LogP contribution in [0.25, 0.3) is 0 Å². The zero-order valence-corrected chi connectivity index (χ0v) is 9.69. The van der Waals surface area contributed by atoms with Crippen molar-refractivity contribution in [2.75, 3.05) is 0 Å². The summed E-state index contributed by atoms with van der Waals surface area (Å²) in [4.78, 5) is 4.22. The van der Waals surface area contributed by atoms with E-state index in [4.69, 9.17) is 16.3 Å². The first kappa shape index (κ1) is 10.6. The molecule has 1 aliphatic rings. The van der Waals surface area contributed by atoms with Gasteiger partial charge in [0.15, 0.2) is 0 Å². The van der Waals surface area contributed by atoms with Crippen molar-refractivity contribution in [2.45, 2.75) is 12.7 Å². The fourth-order valence-electron chi connectivity index (χ4n) is 2.00. The Kier molecular flexibility index (Phi) is 2.50. The third-order valence-corrected chi connectivity index (χ3v) is 3.09. The zero-order chi connectivity index (χ0) is 11.8. The van der Waals surface area contributed by atoms with Gasteiger partial charge in [0, 0.05) is 22.3 Å². The lowest BCUT2D eigenvalue weighted by atomic mass is 10.0. The smallest absolute Gasteiger partial charge is 0.131 e. The molecule has 0 unspecified atom stereocenters. The van der Waals surface area contributed by atoms with E-state index in [9.17, 15) is 5.11 Å². The van der Waals surface area contributed by atoms with Gasteiger partial charge in [-0.05, 0) is 24.3 Å². The first-order chi connectivity index (χ1) is 8.25. The van der Waals surface area contributed by atoms with Gasteiger partial charge in [0.25, 0.3) is 0 Å². The molecular weight excluding hydrogens is 238 g/mol. The highest BCUT2D eigenvalue weighted by molar-refractivity contribution is 6.30. The van der Waals surface area contributed by atoms with E-state index in [0.29, 0.717) is 22.9 Å². The molecule has 1 aromatic carbocycles. The number of aromatic nitrogens is 1. The van der Waals surface area contributed by atoms with E-state index < -0.39 is 6.10 Å². The van der Waals surface area contributed by atoms with Gasteiger partial charge >= 0.3 is 0 Å². The van der Waals surface area contributed by atoms with Crippen LogP contribution in [-0.2, 0) is 6.61 Å². The molecule has 0 amide bonds. The van der Waals surface area contributed by atoms with Crippen molar-refractivity contribution in [2.24, 2.45) is 0 Å². The van der Waals surface area contributed by atoms with Crippen molar-refractivity contribution in [1.29, 1.82) is 0 Å². The molecule has 0 radical (unpaired) electrons. The van der Waals surface area contributed by atoms with Gasteiger partial charge in [-0.3, -0.25) is 4.98 Å². The van der Waals surface area contributed by atoms with E-state index in [0.717, 1.165) is 11.3 Å². The van der Waals surface area contributed by atoms with E-state index >= 15 is 0 Å². The summed E-state index contributed by atoms with van der Waals surface area (Å²) in [7, 11) is 0. The minimum atomic E-state index is -0.741. The molecule has 1 aromatic heterocycles. The van der Waals surface area contributed by atoms with Crippen molar-refractivity contribution in [1.82, 2.24) is 4.98 Å². The Balaban J connectivity index is 2.18.